The number of aromatic nitrogens is 1. The highest BCUT2D eigenvalue weighted by molar-refractivity contribution is 7.13. The monoisotopic (exact) mass is 389 g/mol. The van der Waals surface area contributed by atoms with Crippen LogP contribution in [0.4, 0.5) is 0 Å². The van der Waals surface area contributed by atoms with Gasteiger partial charge in [0.05, 0.1) is 25.3 Å². The van der Waals surface area contributed by atoms with Crippen LogP contribution in [0.1, 0.15) is 17.7 Å². The molecule has 0 bridgehead atoms. The molecule has 0 spiro atoms. The molecule has 1 aromatic heterocycles. The number of hydrogen-bond acceptors (Lipinski definition) is 6. The number of nitrogens with zero attached hydrogens (tertiary/aromatic N) is 2. The standard InChI is InChI=1S/C20H27N3O3S/c1-25-9-3-6-21-19(24)13-18-15-27-20(22-18)17-5-2-4-16(12-17)14-23-7-10-26-11-8-23/h2,4-5,12,15H,3,6-11,13-14H2,1H3,(H,21,24). The van der Waals surface area contributed by atoms with E-state index in [1.54, 1.807) is 18.4 Å². The lowest BCUT2D eigenvalue weighted by atomic mass is 10.1. The van der Waals surface area contributed by atoms with Crippen LogP contribution in [-0.2, 0) is 27.2 Å². The van der Waals surface area contributed by atoms with E-state index >= 15 is 0 Å². The Labute approximate surface area is 164 Å². The van der Waals surface area contributed by atoms with Crippen molar-refractivity contribution in [2.45, 2.75) is 19.4 Å². The third kappa shape index (κ3) is 6.39. The molecular formula is C20H27N3O3S. The van der Waals surface area contributed by atoms with Crippen LogP contribution in [0, 0.1) is 0 Å². The molecule has 7 heteroatoms. The Morgan fingerprint density at radius 1 is 1.37 bits per heavy atom. The highest BCUT2D eigenvalue weighted by Gasteiger charge is 2.12. The van der Waals surface area contributed by atoms with Gasteiger partial charge in [0, 0.05) is 50.8 Å². The number of morpholine rings is 1. The Balaban J connectivity index is 1.55. The molecule has 6 nitrogen and oxygen atoms in total. The molecule has 3 rings (SSSR count). The summed E-state index contributed by atoms with van der Waals surface area (Å²) in [7, 11) is 1.66. The molecule has 2 heterocycles. The zero-order valence-corrected chi connectivity index (χ0v) is 16.6. The number of rotatable bonds is 9. The minimum Gasteiger partial charge on any atom is -0.385 e. The van der Waals surface area contributed by atoms with Crippen LogP contribution in [0.5, 0.6) is 0 Å². The van der Waals surface area contributed by atoms with E-state index in [9.17, 15) is 4.79 Å². The van der Waals surface area contributed by atoms with E-state index in [0.717, 1.165) is 55.5 Å². The molecule has 1 aromatic carbocycles. The van der Waals surface area contributed by atoms with Crippen LogP contribution >= 0.6 is 11.3 Å². The molecular weight excluding hydrogens is 362 g/mol. The summed E-state index contributed by atoms with van der Waals surface area (Å²) in [5.74, 6) is 0.00372. The number of nitrogens with one attached hydrogen (secondary N) is 1. The minimum atomic E-state index is 0.00372. The van der Waals surface area contributed by atoms with Crippen molar-refractivity contribution in [1.29, 1.82) is 0 Å². The number of hydrogen-bond donors (Lipinski definition) is 1. The molecule has 0 unspecified atom stereocenters. The normalized spacial score (nSPS) is 15.0. The summed E-state index contributed by atoms with van der Waals surface area (Å²) in [5, 5.41) is 5.83. The van der Waals surface area contributed by atoms with Gasteiger partial charge in [0.15, 0.2) is 0 Å². The number of ether oxygens (including phenoxy) is 2. The Morgan fingerprint density at radius 3 is 3.04 bits per heavy atom. The summed E-state index contributed by atoms with van der Waals surface area (Å²) < 4.78 is 10.4. The second-order valence-corrected chi connectivity index (χ2v) is 7.46. The number of thiazole rings is 1. The van der Waals surface area contributed by atoms with Crippen LogP contribution in [0.2, 0.25) is 0 Å². The van der Waals surface area contributed by atoms with E-state index in [-0.39, 0.29) is 5.91 Å². The van der Waals surface area contributed by atoms with Crippen molar-refractivity contribution in [1.82, 2.24) is 15.2 Å². The zero-order valence-electron chi connectivity index (χ0n) is 15.8. The van der Waals surface area contributed by atoms with Gasteiger partial charge in [-0.3, -0.25) is 9.69 Å². The molecule has 0 atom stereocenters. The second-order valence-electron chi connectivity index (χ2n) is 6.61. The van der Waals surface area contributed by atoms with E-state index in [4.69, 9.17) is 9.47 Å². The van der Waals surface area contributed by atoms with Crippen molar-refractivity contribution in [3.05, 3.63) is 40.9 Å². The van der Waals surface area contributed by atoms with E-state index in [1.807, 2.05) is 5.38 Å². The van der Waals surface area contributed by atoms with Gasteiger partial charge in [0.2, 0.25) is 5.91 Å². The van der Waals surface area contributed by atoms with E-state index in [0.29, 0.717) is 19.6 Å². The maximum absolute atomic E-state index is 12.0. The molecule has 1 amide bonds. The van der Waals surface area contributed by atoms with E-state index < -0.39 is 0 Å². The SMILES string of the molecule is COCCCNC(=O)Cc1csc(-c2cccc(CN3CCOCC3)c2)n1. The quantitative estimate of drug-likeness (QED) is 0.667. The first kappa shape index (κ1) is 19.9. The summed E-state index contributed by atoms with van der Waals surface area (Å²) in [5.41, 5.74) is 3.21. The van der Waals surface area contributed by atoms with Crippen LogP contribution in [0.3, 0.4) is 0 Å². The van der Waals surface area contributed by atoms with E-state index in [1.165, 1.54) is 5.56 Å². The van der Waals surface area contributed by atoms with Gasteiger partial charge in [-0.2, -0.15) is 0 Å². The van der Waals surface area contributed by atoms with Crippen LogP contribution in [-0.4, -0.2) is 62.4 Å². The predicted octanol–water partition coefficient (Wildman–Crippen LogP) is 2.34. The first-order valence-corrected chi connectivity index (χ1v) is 10.2. The fourth-order valence-corrected chi connectivity index (χ4v) is 3.83. The average molecular weight is 390 g/mol. The summed E-state index contributed by atoms with van der Waals surface area (Å²) >= 11 is 1.59. The summed E-state index contributed by atoms with van der Waals surface area (Å²) in [6, 6.07) is 8.51. The maximum Gasteiger partial charge on any atom is 0.226 e. The maximum atomic E-state index is 12.0. The van der Waals surface area contributed by atoms with Crippen LogP contribution < -0.4 is 5.32 Å². The van der Waals surface area contributed by atoms with E-state index in [2.05, 4.69) is 39.5 Å². The van der Waals surface area contributed by atoms with Gasteiger partial charge in [0.1, 0.15) is 5.01 Å². The number of amides is 1. The number of methoxy groups -OCH3 is 1. The van der Waals surface area contributed by atoms with Crippen LogP contribution in [0.15, 0.2) is 29.6 Å². The fraction of sp³-hybridized carbons (Fsp3) is 0.500. The van der Waals surface area contributed by atoms with Gasteiger partial charge < -0.3 is 14.8 Å². The van der Waals surface area contributed by atoms with Gasteiger partial charge in [-0.25, -0.2) is 4.98 Å². The van der Waals surface area contributed by atoms with Crippen molar-refractivity contribution in [3.8, 4) is 10.6 Å². The highest BCUT2D eigenvalue weighted by atomic mass is 32.1. The Morgan fingerprint density at radius 2 is 2.22 bits per heavy atom. The number of carbonyl (C=O) groups is 1. The molecule has 0 radical (unpaired) electrons. The average Bonchev–Trinajstić information content (AvgIpc) is 3.15. The van der Waals surface area contributed by atoms with Gasteiger partial charge in [-0.15, -0.1) is 11.3 Å². The molecule has 146 valence electrons. The highest BCUT2D eigenvalue weighted by Crippen LogP contribution is 2.25. The number of carbonyl (C=O) groups excluding carboxylic acids is 1. The Bertz CT molecular complexity index is 729. The molecule has 27 heavy (non-hydrogen) atoms. The third-order valence-electron chi connectivity index (χ3n) is 4.42. The van der Waals surface area contributed by atoms with Gasteiger partial charge >= 0.3 is 0 Å². The van der Waals surface area contributed by atoms with Crippen LogP contribution in [0.25, 0.3) is 10.6 Å². The Hall–Kier alpha value is -1.80. The van der Waals surface area contributed by atoms with Gasteiger partial charge in [-0.1, -0.05) is 18.2 Å². The van der Waals surface area contributed by atoms with Gasteiger partial charge in [-0.05, 0) is 18.1 Å². The molecule has 1 N–H and O–H groups in total. The summed E-state index contributed by atoms with van der Waals surface area (Å²) in [6.45, 7) is 5.79. The topological polar surface area (TPSA) is 63.7 Å². The predicted molar refractivity (Wildman–Crippen MR) is 107 cm³/mol. The smallest absolute Gasteiger partial charge is 0.226 e. The molecule has 1 fully saturated rings. The molecule has 1 saturated heterocycles. The van der Waals surface area contributed by atoms with Crippen molar-refractivity contribution in [2.75, 3.05) is 46.6 Å². The van der Waals surface area contributed by atoms with Crippen molar-refractivity contribution in [3.63, 3.8) is 0 Å². The molecule has 1 aliphatic rings. The second kappa shape index (κ2) is 10.5. The van der Waals surface area contributed by atoms with Gasteiger partial charge in [0.25, 0.3) is 0 Å². The first-order chi connectivity index (χ1) is 13.2. The Kier molecular flexibility index (Phi) is 7.77. The van der Waals surface area contributed by atoms with Crippen molar-refractivity contribution >= 4 is 17.2 Å². The lowest BCUT2D eigenvalue weighted by Crippen LogP contribution is -2.35. The summed E-state index contributed by atoms with van der Waals surface area (Å²) in [4.78, 5) is 19.1. The lowest BCUT2D eigenvalue weighted by molar-refractivity contribution is -0.120. The zero-order chi connectivity index (χ0) is 18.9. The fourth-order valence-electron chi connectivity index (χ4n) is 3.01. The third-order valence-corrected chi connectivity index (χ3v) is 5.36. The lowest BCUT2D eigenvalue weighted by Gasteiger charge is -2.26. The largest absolute Gasteiger partial charge is 0.385 e. The molecule has 0 saturated carbocycles. The van der Waals surface area contributed by atoms with Crippen molar-refractivity contribution < 1.29 is 14.3 Å². The molecule has 2 aromatic rings. The molecule has 0 aliphatic carbocycles. The minimum absolute atomic E-state index is 0.00372. The number of benzene rings is 1. The molecule has 1 aliphatic heterocycles. The first-order valence-electron chi connectivity index (χ1n) is 9.34. The van der Waals surface area contributed by atoms with Crippen molar-refractivity contribution in [2.24, 2.45) is 0 Å². The summed E-state index contributed by atoms with van der Waals surface area (Å²) in [6.07, 6.45) is 1.14.